The Morgan fingerprint density at radius 3 is 2.50 bits per heavy atom. The van der Waals surface area contributed by atoms with Crippen LogP contribution in [0, 0.1) is 0 Å². The maximum absolute atomic E-state index is 5.99. The van der Waals surface area contributed by atoms with Crippen LogP contribution in [0.2, 0.25) is 0 Å². The van der Waals surface area contributed by atoms with E-state index in [0.717, 1.165) is 13.1 Å². The normalized spacial score (nSPS) is 24.4. The van der Waals surface area contributed by atoms with Crippen molar-refractivity contribution in [3.8, 4) is 0 Å². The summed E-state index contributed by atoms with van der Waals surface area (Å²) in [6.07, 6.45) is 4.85. The lowest BCUT2D eigenvalue weighted by molar-refractivity contribution is 0.149. The van der Waals surface area contributed by atoms with Gasteiger partial charge in [0.25, 0.3) is 0 Å². The second-order valence-electron chi connectivity index (χ2n) is 5.22. The molecule has 2 N–H and O–H groups in total. The van der Waals surface area contributed by atoms with Crippen LogP contribution in [0.3, 0.4) is 0 Å². The zero-order chi connectivity index (χ0) is 13.0. The van der Waals surface area contributed by atoms with E-state index in [1.54, 1.807) is 0 Å². The molecule has 0 radical (unpaired) electrons. The fraction of sp³-hybridized carbons (Fsp3) is 0.600. The molecule has 0 atom stereocenters. The van der Waals surface area contributed by atoms with E-state index in [9.17, 15) is 0 Å². The summed E-state index contributed by atoms with van der Waals surface area (Å²) in [5.74, 6) is 0. The molecule has 1 fully saturated rings. The molecule has 2 nitrogen and oxygen atoms in total. The van der Waals surface area contributed by atoms with E-state index in [2.05, 4.69) is 52.0 Å². The Labute approximate surface area is 119 Å². The molecule has 0 amide bonds. The minimum absolute atomic E-state index is 0.434. The van der Waals surface area contributed by atoms with Crippen LogP contribution >= 0.6 is 15.9 Å². The third kappa shape index (κ3) is 3.56. The molecule has 100 valence electrons. The highest BCUT2D eigenvalue weighted by Crippen LogP contribution is 2.25. The average molecular weight is 311 g/mol. The van der Waals surface area contributed by atoms with Gasteiger partial charge in [-0.15, -0.1) is 0 Å². The van der Waals surface area contributed by atoms with Gasteiger partial charge in [0.15, 0.2) is 0 Å². The Bertz CT molecular complexity index is 373. The van der Waals surface area contributed by atoms with Crippen molar-refractivity contribution in [1.82, 2.24) is 4.90 Å². The van der Waals surface area contributed by atoms with Gasteiger partial charge in [-0.3, -0.25) is 4.90 Å². The van der Waals surface area contributed by atoms with Crippen molar-refractivity contribution < 1.29 is 0 Å². The van der Waals surface area contributed by atoms with Gasteiger partial charge in [0.05, 0.1) is 0 Å². The lowest BCUT2D eigenvalue weighted by atomic mass is 9.90. The summed E-state index contributed by atoms with van der Waals surface area (Å²) >= 11 is 3.64. The molecule has 1 saturated carbocycles. The topological polar surface area (TPSA) is 29.3 Å². The average Bonchev–Trinajstić information content (AvgIpc) is 2.39. The predicted molar refractivity (Wildman–Crippen MR) is 80.5 cm³/mol. The summed E-state index contributed by atoms with van der Waals surface area (Å²) in [6, 6.07) is 9.67. The molecule has 2 rings (SSSR count). The molecule has 0 spiro atoms. The van der Waals surface area contributed by atoms with Crippen molar-refractivity contribution in [1.29, 1.82) is 0 Å². The smallest absolute Gasteiger partial charge is 0.0247 e. The van der Waals surface area contributed by atoms with E-state index < -0.39 is 0 Å². The first kappa shape index (κ1) is 14.0. The van der Waals surface area contributed by atoms with Crippen molar-refractivity contribution in [2.45, 2.75) is 51.2 Å². The Morgan fingerprint density at radius 1 is 1.22 bits per heavy atom. The molecule has 0 heterocycles. The fourth-order valence-electron chi connectivity index (χ4n) is 2.81. The molecule has 0 aromatic heterocycles. The summed E-state index contributed by atoms with van der Waals surface area (Å²) in [7, 11) is 0. The van der Waals surface area contributed by atoms with Gasteiger partial charge < -0.3 is 5.73 Å². The maximum Gasteiger partial charge on any atom is 0.0247 e. The van der Waals surface area contributed by atoms with E-state index in [4.69, 9.17) is 5.73 Å². The van der Waals surface area contributed by atoms with Crippen molar-refractivity contribution in [2.75, 3.05) is 6.54 Å². The number of benzene rings is 1. The second-order valence-corrected chi connectivity index (χ2v) is 6.08. The highest BCUT2D eigenvalue weighted by atomic mass is 79.9. The van der Waals surface area contributed by atoms with Crippen LogP contribution in [0.25, 0.3) is 0 Å². The maximum atomic E-state index is 5.99. The molecular weight excluding hydrogens is 288 g/mol. The number of hydrogen-bond donors (Lipinski definition) is 1. The monoisotopic (exact) mass is 310 g/mol. The van der Waals surface area contributed by atoms with Gasteiger partial charge in [0.2, 0.25) is 0 Å². The molecule has 1 aliphatic carbocycles. The minimum Gasteiger partial charge on any atom is -0.328 e. The number of hydrogen-bond acceptors (Lipinski definition) is 2. The highest BCUT2D eigenvalue weighted by Gasteiger charge is 2.23. The van der Waals surface area contributed by atoms with Crippen molar-refractivity contribution in [3.63, 3.8) is 0 Å². The molecule has 0 aliphatic heterocycles. The summed E-state index contributed by atoms with van der Waals surface area (Å²) in [5, 5.41) is 0. The van der Waals surface area contributed by atoms with Gasteiger partial charge in [0, 0.05) is 23.1 Å². The van der Waals surface area contributed by atoms with Crippen LogP contribution in [0.4, 0.5) is 0 Å². The Morgan fingerprint density at radius 2 is 1.89 bits per heavy atom. The Hall–Kier alpha value is -0.380. The highest BCUT2D eigenvalue weighted by molar-refractivity contribution is 9.10. The van der Waals surface area contributed by atoms with Crippen LogP contribution in [0.5, 0.6) is 0 Å². The SMILES string of the molecule is CCN(Cc1ccccc1Br)C1CCC(N)CC1. The molecule has 1 aliphatic rings. The zero-order valence-corrected chi connectivity index (χ0v) is 12.7. The molecule has 1 aromatic carbocycles. The van der Waals surface area contributed by atoms with Crippen molar-refractivity contribution >= 4 is 15.9 Å². The molecule has 3 heteroatoms. The molecule has 0 saturated heterocycles. The van der Waals surface area contributed by atoms with Crippen LogP contribution in [0.15, 0.2) is 28.7 Å². The third-order valence-corrected chi connectivity index (χ3v) is 4.77. The van der Waals surface area contributed by atoms with Crippen LogP contribution < -0.4 is 5.73 Å². The van der Waals surface area contributed by atoms with Crippen molar-refractivity contribution in [2.24, 2.45) is 5.73 Å². The quantitative estimate of drug-likeness (QED) is 0.921. The Kier molecular flexibility index (Phi) is 5.22. The largest absolute Gasteiger partial charge is 0.328 e. The third-order valence-electron chi connectivity index (χ3n) is 4.00. The first-order valence-corrected chi connectivity index (χ1v) is 7.73. The lowest BCUT2D eigenvalue weighted by Crippen LogP contribution is -2.40. The van der Waals surface area contributed by atoms with Gasteiger partial charge >= 0.3 is 0 Å². The first-order valence-electron chi connectivity index (χ1n) is 6.93. The van der Waals surface area contributed by atoms with Crippen LogP contribution in [-0.4, -0.2) is 23.5 Å². The number of nitrogens with zero attached hydrogens (tertiary/aromatic N) is 1. The predicted octanol–water partition coefficient (Wildman–Crippen LogP) is 3.54. The Balaban J connectivity index is 1.99. The van der Waals surface area contributed by atoms with E-state index in [-0.39, 0.29) is 0 Å². The van der Waals surface area contributed by atoms with Gasteiger partial charge in [-0.2, -0.15) is 0 Å². The summed E-state index contributed by atoms with van der Waals surface area (Å²) in [6.45, 7) is 4.41. The molecule has 18 heavy (non-hydrogen) atoms. The number of halogens is 1. The van der Waals surface area contributed by atoms with E-state index >= 15 is 0 Å². The van der Waals surface area contributed by atoms with Gasteiger partial charge in [-0.25, -0.2) is 0 Å². The van der Waals surface area contributed by atoms with Gasteiger partial charge in [0.1, 0.15) is 0 Å². The fourth-order valence-corrected chi connectivity index (χ4v) is 3.22. The number of nitrogens with two attached hydrogens (primary N) is 1. The van der Waals surface area contributed by atoms with Crippen LogP contribution in [-0.2, 0) is 6.54 Å². The van der Waals surface area contributed by atoms with Crippen molar-refractivity contribution in [3.05, 3.63) is 34.3 Å². The van der Waals surface area contributed by atoms with E-state index in [0.29, 0.717) is 12.1 Å². The molecule has 1 aromatic rings. The van der Waals surface area contributed by atoms with Crippen LogP contribution in [0.1, 0.15) is 38.2 Å². The zero-order valence-electron chi connectivity index (χ0n) is 11.1. The first-order chi connectivity index (χ1) is 8.70. The second kappa shape index (κ2) is 6.69. The number of rotatable bonds is 4. The van der Waals surface area contributed by atoms with E-state index in [1.165, 1.54) is 35.7 Å². The standard InChI is InChI=1S/C15H23BrN2/c1-2-18(14-9-7-13(17)8-10-14)11-12-5-3-4-6-15(12)16/h3-6,13-14H,2,7-11,17H2,1H3. The molecule has 0 bridgehead atoms. The molecule has 0 unspecified atom stereocenters. The van der Waals surface area contributed by atoms with Gasteiger partial charge in [-0.05, 0) is 43.9 Å². The minimum atomic E-state index is 0.434. The lowest BCUT2D eigenvalue weighted by Gasteiger charge is -2.35. The summed E-state index contributed by atoms with van der Waals surface area (Å²) in [4.78, 5) is 2.59. The summed E-state index contributed by atoms with van der Waals surface area (Å²) < 4.78 is 1.22. The van der Waals surface area contributed by atoms with Gasteiger partial charge in [-0.1, -0.05) is 41.1 Å². The molecular formula is C15H23BrN2. The summed E-state index contributed by atoms with van der Waals surface area (Å²) in [5.41, 5.74) is 7.37. The van der Waals surface area contributed by atoms with E-state index in [1.807, 2.05) is 0 Å².